The first-order valence-corrected chi connectivity index (χ1v) is 7.88. The number of hydrogen-bond acceptors (Lipinski definition) is 3. The van der Waals surface area contributed by atoms with Crippen LogP contribution in [0.1, 0.15) is 36.1 Å². The standard InChI is InChI=1S/C17H29N3/c1-4-5-19-6-8-20(9-7-19)17(13-18)16-11-14(2)10-15(3)12-16/h10-12,17H,4-9,13,18H2,1-3H3. The SMILES string of the molecule is CCCN1CCN(C(CN)c2cc(C)cc(C)c2)CC1. The number of aryl methyl sites for hydroxylation is 2. The molecular weight excluding hydrogens is 246 g/mol. The van der Waals surface area contributed by atoms with Crippen molar-refractivity contribution in [2.24, 2.45) is 5.73 Å². The predicted molar refractivity (Wildman–Crippen MR) is 86.0 cm³/mol. The molecule has 0 saturated carbocycles. The van der Waals surface area contributed by atoms with Gasteiger partial charge in [0.15, 0.2) is 0 Å². The van der Waals surface area contributed by atoms with Crippen LogP contribution in [0.3, 0.4) is 0 Å². The summed E-state index contributed by atoms with van der Waals surface area (Å²) in [5.74, 6) is 0. The molecule has 20 heavy (non-hydrogen) atoms. The average Bonchev–Trinajstić information content (AvgIpc) is 2.41. The van der Waals surface area contributed by atoms with E-state index in [1.54, 1.807) is 0 Å². The molecule has 1 fully saturated rings. The van der Waals surface area contributed by atoms with Crippen molar-refractivity contribution in [1.82, 2.24) is 9.80 Å². The Morgan fingerprint density at radius 3 is 2.15 bits per heavy atom. The molecular formula is C17H29N3. The second-order valence-electron chi connectivity index (χ2n) is 6.05. The first-order valence-electron chi connectivity index (χ1n) is 7.88. The topological polar surface area (TPSA) is 32.5 Å². The summed E-state index contributed by atoms with van der Waals surface area (Å²) in [4.78, 5) is 5.12. The largest absolute Gasteiger partial charge is 0.329 e. The van der Waals surface area contributed by atoms with Crippen molar-refractivity contribution < 1.29 is 0 Å². The Kier molecular flexibility index (Phi) is 5.58. The fraction of sp³-hybridized carbons (Fsp3) is 0.647. The zero-order chi connectivity index (χ0) is 14.5. The highest BCUT2D eigenvalue weighted by atomic mass is 15.3. The van der Waals surface area contributed by atoms with E-state index in [0.29, 0.717) is 12.6 Å². The van der Waals surface area contributed by atoms with Crippen molar-refractivity contribution in [2.45, 2.75) is 33.2 Å². The quantitative estimate of drug-likeness (QED) is 0.895. The maximum absolute atomic E-state index is 6.07. The minimum absolute atomic E-state index is 0.373. The van der Waals surface area contributed by atoms with Crippen molar-refractivity contribution in [3.63, 3.8) is 0 Å². The number of nitrogens with zero attached hydrogens (tertiary/aromatic N) is 2. The van der Waals surface area contributed by atoms with E-state index < -0.39 is 0 Å². The van der Waals surface area contributed by atoms with Gasteiger partial charge < -0.3 is 10.6 Å². The Labute approximate surface area is 123 Å². The van der Waals surface area contributed by atoms with Gasteiger partial charge in [-0.3, -0.25) is 4.90 Å². The van der Waals surface area contributed by atoms with E-state index in [1.807, 2.05) is 0 Å². The zero-order valence-corrected chi connectivity index (χ0v) is 13.2. The molecule has 1 aromatic carbocycles. The summed E-state index contributed by atoms with van der Waals surface area (Å²) in [6.07, 6.45) is 1.25. The van der Waals surface area contributed by atoms with Crippen LogP contribution in [0.15, 0.2) is 18.2 Å². The maximum Gasteiger partial charge on any atom is 0.0471 e. The molecule has 3 heteroatoms. The molecule has 0 bridgehead atoms. The number of rotatable bonds is 5. The van der Waals surface area contributed by atoms with Crippen LogP contribution in [-0.2, 0) is 0 Å². The van der Waals surface area contributed by atoms with Gasteiger partial charge in [0.05, 0.1) is 0 Å². The molecule has 0 radical (unpaired) electrons. The first-order chi connectivity index (χ1) is 9.63. The van der Waals surface area contributed by atoms with Gasteiger partial charge in [-0.1, -0.05) is 36.2 Å². The van der Waals surface area contributed by atoms with Gasteiger partial charge in [0.1, 0.15) is 0 Å². The third-order valence-corrected chi connectivity index (χ3v) is 4.24. The van der Waals surface area contributed by atoms with E-state index in [2.05, 4.69) is 48.8 Å². The minimum atomic E-state index is 0.373. The van der Waals surface area contributed by atoms with Gasteiger partial charge >= 0.3 is 0 Å². The Bertz CT molecular complexity index is 402. The summed E-state index contributed by atoms with van der Waals surface area (Å²) in [6, 6.07) is 7.19. The smallest absolute Gasteiger partial charge is 0.0471 e. The van der Waals surface area contributed by atoms with Crippen LogP contribution in [0, 0.1) is 13.8 Å². The molecule has 0 aromatic heterocycles. The van der Waals surface area contributed by atoms with E-state index in [4.69, 9.17) is 5.73 Å². The first kappa shape index (κ1) is 15.5. The number of benzene rings is 1. The zero-order valence-electron chi connectivity index (χ0n) is 13.2. The Morgan fingerprint density at radius 1 is 1.05 bits per heavy atom. The fourth-order valence-electron chi connectivity index (χ4n) is 3.31. The molecule has 1 aromatic rings. The highest BCUT2D eigenvalue weighted by Crippen LogP contribution is 2.23. The molecule has 1 saturated heterocycles. The maximum atomic E-state index is 6.07. The van der Waals surface area contributed by atoms with Crippen LogP contribution >= 0.6 is 0 Å². The summed E-state index contributed by atoms with van der Waals surface area (Å²) in [5, 5.41) is 0. The van der Waals surface area contributed by atoms with Crippen molar-refractivity contribution in [2.75, 3.05) is 39.3 Å². The van der Waals surface area contributed by atoms with E-state index in [-0.39, 0.29) is 0 Å². The molecule has 1 aliphatic heterocycles. The summed E-state index contributed by atoms with van der Waals surface area (Å²) in [7, 11) is 0. The van der Waals surface area contributed by atoms with Gasteiger partial charge in [0.25, 0.3) is 0 Å². The van der Waals surface area contributed by atoms with Crippen LogP contribution < -0.4 is 5.73 Å². The lowest BCUT2D eigenvalue weighted by atomic mass is 9.99. The minimum Gasteiger partial charge on any atom is -0.329 e. The molecule has 0 spiro atoms. The summed E-state index contributed by atoms with van der Waals surface area (Å²) in [6.45, 7) is 13.1. The predicted octanol–water partition coefficient (Wildman–Crippen LogP) is 2.33. The van der Waals surface area contributed by atoms with Crippen molar-refractivity contribution in [1.29, 1.82) is 0 Å². The van der Waals surface area contributed by atoms with Crippen LogP contribution in [0.25, 0.3) is 0 Å². The molecule has 1 unspecified atom stereocenters. The van der Waals surface area contributed by atoms with Crippen molar-refractivity contribution in [3.8, 4) is 0 Å². The summed E-state index contributed by atoms with van der Waals surface area (Å²) >= 11 is 0. The summed E-state index contributed by atoms with van der Waals surface area (Å²) in [5.41, 5.74) is 10.1. The fourth-order valence-corrected chi connectivity index (χ4v) is 3.31. The molecule has 0 aliphatic carbocycles. The van der Waals surface area contributed by atoms with Crippen LogP contribution in [0.2, 0.25) is 0 Å². The number of piperazine rings is 1. The third kappa shape index (κ3) is 3.81. The Hall–Kier alpha value is -0.900. The van der Waals surface area contributed by atoms with Gasteiger partial charge in [-0.15, -0.1) is 0 Å². The Balaban J connectivity index is 2.05. The normalized spacial score (nSPS) is 19.2. The second kappa shape index (κ2) is 7.21. The molecule has 1 aliphatic rings. The molecule has 1 heterocycles. The van der Waals surface area contributed by atoms with E-state index in [0.717, 1.165) is 13.1 Å². The third-order valence-electron chi connectivity index (χ3n) is 4.24. The van der Waals surface area contributed by atoms with Gasteiger partial charge in [0.2, 0.25) is 0 Å². The lowest BCUT2D eigenvalue weighted by molar-refractivity contribution is 0.0985. The van der Waals surface area contributed by atoms with Gasteiger partial charge in [0, 0.05) is 38.8 Å². The van der Waals surface area contributed by atoms with Crippen LogP contribution in [0.4, 0.5) is 0 Å². The van der Waals surface area contributed by atoms with Gasteiger partial charge in [-0.05, 0) is 32.4 Å². The van der Waals surface area contributed by atoms with Gasteiger partial charge in [-0.25, -0.2) is 0 Å². The molecule has 112 valence electrons. The van der Waals surface area contributed by atoms with Gasteiger partial charge in [-0.2, -0.15) is 0 Å². The highest BCUT2D eigenvalue weighted by molar-refractivity contribution is 5.31. The van der Waals surface area contributed by atoms with E-state index >= 15 is 0 Å². The van der Waals surface area contributed by atoms with E-state index in [9.17, 15) is 0 Å². The molecule has 2 N–H and O–H groups in total. The molecule has 2 rings (SSSR count). The monoisotopic (exact) mass is 275 g/mol. The number of nitrogens with two attached hydrogens (primary N) is 1. The average molecular weight is 275 g/mol. The lowest BCUT2D eigenvalue weighted by Gasteiger charge is -2.39. The van der Waals surface area contributed by atoms with Crippen molar-refractivity contribution in [3.05, 3.63) is 34.9 Å². The molecule has 0 amide bonds. The molecule has 3 nitrogen and oxygen atoms in total. The number of hydrogen-bond donors (Lipinski definition) is 1. The summed E-state index contributed by atoms with van der Waals surface area (Å²) < 4.78 is 0. The lowest BCUT2D eigenvalue weighted by Crippen LogP contribution is -2.49. The van der Waals surface area contributed by atoms with Crippen molar-refractivity contribution >= 4 is 0 Å². The molecule has 1 atom stereocenters. The van der Waals surface area contributed by atoms with E-state index in [1.165, 1.54) is 42.7 Å². The Morgan fingerprint density at radius 2 is 1.65 bits per heavy atom. The second-order valence-corrected chi connectivity index (χ2v) is 6.05. The highest BCUT2D eigenvalue weighted by Gasteiger charge is 2.23. The van der Waals surface area contributed by atoms with Crippen LogP contribution in [-0.4, -0.2) is 49.1 Å². The van der Waals surface area contributed by atoms with Crippen LogP contribution in [0.5, 0.6) is 0 Å².